The molecule has 1 heterocycles. The lowest BCUT2D eigenvalue weighted by atomic mass is 10.1. The Balaban J connectivity index is 1.86. The molecule has 1 aliphatic rings. The standard InChI is InChI=1S/C15H20FN3O2S/c1-17-6-7-18-14(20)12-9-22-13(15(21)19-12)8-10-4-2-3-5-11(10)16/h2-5,12-13,17H,6-9H2,1H3,(H,18,20)(H,19,21). The molecule has 1 aliphatic heterocycles. The zero-order chi connectivity index (χ0) is 15.9. The molecule has 0 spiro atoms. The van der Waals surface area contributed by atoms with E-state index in [4.69, 9.17) is 0 Å². The summed E-state index contributed by atoms with van der Waals surface area (Å²) in [6.07, 6.45) is 0.331. The minimum absolute atomic E-state index is 0.180. The molecule has 0 saturated carbocycles. The maximum absolute atomic E-state index is 13.6. The summed E-state index contributed by atoms with van der Waals surface area (Å²) in [6, 6.07) is 5.92. The average molecular weight is 325 g/mol. The van der Waals surface area contributed by atoms with Crippen LogP contribution in [0.4, 0.5) is 4.39 Å². The molecule has 5 nitrogen and oxygen atoms in total. The Labute approximate surface area is 133 Å². The van der Waals surface area contributed by atoms with Gasteiger partial charge in [0.05, 0.1) is 5.25 Å². The van der Waals surface area contributed by atoms with Crippen molar-refractivity contribution in [2.24, 2.45) is 0 Å². The minimum Gasteiger partial charge on any atom is -0.353 e. The van der Waals surface area contributed by atoms with Gasteiger partial charge in [0.1, 0.15) is 11.9 Å². The smallest absolute Gasteiger partial charge is 0.243 e. The molecular formula is C15H20FN3O2S. The fourth-order valence-corrected chi connectivity index (χ4v) is 3.36. The molecule has 0 bridgehead atoms. The van der Waals surface area contributed by atoms with E-state index in [1.807, 2.05) is 0 Å². The van der Waals surface area contributed by atoms with Crippen molar-refractivity contribution in [3.63, 3.8) is 0 Å². The van der Waals surface area contributed by atoms with E-state index < -0.39 is 6.04 Å². The quantitative estimate of drug-likeness (QED) is 0.658. The lowest BCUT2D eigenvalue weighted by Crippen LogP contribution is -2.55. The summed E-state index contributed by atoms with van der Waals surface area (Å²) in [7, 11) is 1.80. The van der Waals surface area contributed by atoms with E-state index in [0.29, 0.717) is 30.8 Å². The van der Waals surface area contributed by atoms with E-state index in [0.717, 1.165) is 0 Å². The summed E-state index contributed by atoms with van der Waals surface area (Å²) >= 11 is 1.40. The van der Waals surface area contributed by atoms with Crippen LogP contribution < -0.4 is 16.0 Å². The minimum atomic E-state index is -0.522. The van der Waals surface area contributed by atoms with Crippen LogP contribution >= 0.6 is 11.8 Å². The fourth-order valence-electron chi connectivity index (χ4n) is 2.18. The van der Waals surface area contributed by atoms with Crippen LogP contribution in [0.15, 0.2) is 24.3 Å². The number of amides is 2. The number of rotatable bonds is 6. The van der Waals surface area contributed by atoms with Gasteiger partial charge in [0.25, 0.3) is 0 Å². The Bertz CT molecular complexity index is 541. The van der Waals surface area contributed by atoms with Gasteiger partial charge < -0.3 is 16.0 Å². The molecule has 0 aliphatic carbocycles. The Morgan fingerprint density at radius 2 is 2.18 bits per heavy atom. The molecule has 7 heteroatoms. The number of benzene rings is 1. The lowest BCUT2D eigenvalue weighted by Gasteiger charge is -2.28. The number of thioether (sulfide) groups is 1. The highest BCUT2D eigenvalue weighted by Crippen LogP contribution is 2.23. The molecular weight excluding hydrogens is 305 g/mol. The van der Waals surface area contributed by atoms with Gasteiger partial charge in [-0.2, -0.15) is 0 Å². The van der Waals surface area contributed by atoms with E-state index >= 15 is 0 Å². The van der Waals surface area contributed by atoms with E-state index in [2.05, 4.69) is 16.0 Å². The topological polar surface area (TPSA) is 70.2 Å². The Kier molecular flexibility index (Phi) is 6.21. The zero-order valence-electron chi connectivity index (χ0n) is 12.4. The van der Waals surface area contributed by atoms with Crippen molar-refractivity contribution in [2.75, 3.05) is 25.9 Å². The van der Waals surface area contributed by atoms with Crippen molar-refractivity contribution in [3.8, 4) is 0 Å². The molecule has 120 valence electrons. The van der Waals surface area contributed by atoms with Crippen molar-refractivity contribution in [1.29, 1.82) is 0 Å². The molecule has 1 aromatic rings. The van der Waals surface area contributed by atoms with Gasteiger partial charge in [0.2, 0.25) is 11.8 Å². The van der Waals surface area contributed by atoms with Crippen LogP contribution in [0.2, 0.25) is 0 Å². The number of hydrogen-bond donors (Lipinski definition) is 3. The van der Waals surface area contributed by atoms with Gasteiger partial charge in [0.15, 0.2) is 0 Å². The molecule has 1 aromatic carbocycles. The highest BCUT2D eigenvalue weighted by Gasteiger charge is 2.32. The highest BCUT2D eigenvalue weighted by atomic mass is 32.2. The van der Waals surface area contributed by atoms with Crippen molar-refractivity contribution < 1.29 is 14.0 Å². The molecule has 2 atom stereocenters. The summed E-state index contributed by atoms with van der Waals surface area (Å²) in [5.74, 6) is -0.201. The first-order chi connectivity index (χ1) is 10.6. The van der Waals surface area contributed by atoms with E-state index in [1.54, 1.807) is 25.2 Å². The third-order valence-corrected chi connectivity index (χ3v) is 4.74. The third kappa shape index (κ3) is 4.45. The van der Waals surface area contributed by atoms with Crippen LogP contribution in [-0.2, 0) is 16.0 Å². The molecule has 2 rings (SSSR count). The van der Waals surface area contributed by atoms with Crippen LogP contribution in [-0.4, -0.2) is 49.0 Å². The van der Waals surface area contributed by atoms with Crippen LogP contribution in [0, 0.1) is 5.82 Å². The molecule has 2 amide bonds. The van der Waals surface area contributed by atoms with Gasteiger partial charge in [-0.3, -0.25) is 9.59 Å². The Hall–Kier alpha value is -1.60. The number of hydrogen-bond acceptors (Lipinski definition) is 4. The molecule has 3 N–H and O–H groups in total. The number of halogens is 1. The second-order valence-electron chi connectivity index (χ2n) is 5.07. The number of carbonyl (C=O) groups is 2. The van der Waals surface area contributed by atoms with Crippen molar-refractivity contribution in [2.45, 2.75) is 17.7 Å². The highest BCUT2D eigenvalue weighted by molar-refractivity contribution is 8.00. The zero-order valence-corrected chi connectivity index (χ0v) is 13.2. The summed E-state index contributed by atoms with van der Waals surface area (Å²) in [5.41, 5.74) is 0.520. The number of likely N-dealkylation sites (N-methyl/N-ethyl adjacent to an activating group) is 1. The first kappa shape index (κ1) is 16.8. The summed E-state index contributed by atoms with van der Waals surface area (Å²) < 4.78 is 13.6. The molecule has 2 unspecified atom stereocenters. The van der Waals surface area contributed by atoms with Crippen LogP contribution in [0.3, 0.4) is 0 Å². The first-order valence-corrected chi connectivity index (χ1v) is 8.24. The number of carbonyl (C=O) groups excluding carboxylic acids is 2. The maximum Gasteiger partial charge on any atom is 0.243 e. The van der Waals surface area contributed by atoms with Gasteiger partial charge >= 0.3 is 0 Å². The SMILES string of the molecule is CNCCNC(=O)C1CSC(Cc2ccccc2F)C(=O)N1. The monoisotopic (exact) mass is 325 g/mol. The third-order valence-electron chi connectivity index (χ3n) is 3.43. The maximum atomic E-state index is 13.6. The Morgan fingerprint density at radius 1 is 1.41 bits per heavy atom. The van der Waals surface area contributed by atoms with Gasteiger partial charge in [-0.15, -0.1) is 11.8 Å². The van der Waals surface area contributed by atoms with Gasteiger partial charge in [0, 0.05) is 18.8 Å². The average Bonchev–Trinajstić information content (AvgIpc) is 2.51. The predicted molar refractivity (Wildman–Crippen MR) is 85.2 cm³/mol. The van der Waals surface area contributed by atoms with Crippen molar-refractivity contribution in [3.05, 3.63) is 35.6 Å². The molecule has 0 aromatic heterocycles. The second kappa shape index (κ2) is 8.14. The fraction of sp³-hybridized carbons (Fsp3) is 0.467. The van der Waals surface area contributed by atoms with Gasteiger partial charge in [-0.1, -0.05) is 18.2 Å². The second-order valence-corrected chi connectivity index (χ2v) is 6.31. The van der Waals surface area contributed by atoms with Crippen molar-refractivity contribution >= 4 is 23.6 Å². The molecule has 0 radical (unpaired) electrons. The molecule has 22 heavy (non-hydrogen) atoms. The van der Waals surface area contributed by atoms with Gasteiger partial charge in [-0.05, 0) is 25.1 Å². The summed E-state index contributed by atoms with van der Waals surface area (Å²) in [4.78, 5) is 24.0. The Morgan fingerprint density at radius 3 is 2.86 bits per heavy atom. The summed E-state index contributed by atoms with van der Waals surface area (Å²) in [6.45, 7) is 1.19. The normalized spacial score (nSPS) is 21.3. The predicted octanol–water partition coefficient (Wildman–Crippen LogP) is 0.304. The van der Waals surface area contributed by atoms with Crippen LogP contribution in [0.25, 0.3) is 0 Å². The van der Waals surface area contributed by atoms with Crippen LogP contribution in [0.1, 0.15) is 5.56 Å². The van der Waals surface area contributed by atoms with E-state index in [9.17, 15) is 14.0 Å². The first-order valence-electron chi connectivity index (χ1n) is 7.19. The largest absolute Gasteiger partial charge is 0.353 e. The summed E-state index contributed by atoms with van der Waals surface area (Å²) in [5, 5.41) is 8.05. The number of nitrogens with one attached hydrogen (secondary N) is 3. The van der Waals surface area contributed by atoms with Crippen LogP contribution in [0.5, 0.6) is 0 Å². The molecule has 1 fully saturated rings. The lowest BCUT2D eigenvalue weighted by molar-refractivity contribution is -0.128. The van der Waals surface area contributed by atoms with E-state index in [-0.39, 0.29) is 22.9 Å². The van der Waals surface area contributed by atoms with E-state index in [1.165, 1.54) is 17.8 Å². The van der Waals surface area contributed by atoms with Crippen molar-refractivity contribution in [1.82, 2.24) is 16.0 Å². The molecule has 1 saturated heterocycles. The van der Waals surface area contributed by atoms with Gasteiger partial charge in [-0.25, -0.2) is 4.39 Å².